The zero-order valence-electron chi connectivity index (χ0n) is 24.7. The first-order chi connectivity index (χ1) is 21.6. The van der Waals surface area contributed by atoms with E-state index >= 15 is 0 Å². The highest BCUT2D eigenvalue weighted by Crippen LogP contribution is 2.34. The largest absolute Gasteiger partial charge is 0.497 e. The van der Waals surface area contributed by atoms with E-state index in [2.05, 4.69) is 133 Å². The number of methoxy groups -OCH3 is 2. The summed E-state index contributed by atoms with van der Waals surface area (Å²) in [5, 5.41) is 9.73. The van der Waals surface area contributed by atoms with Crippen molar-refractivity contribution in [3.05, 3.63) is 146 Å². The van der Waals surface area contributed by atoms with Gasteiger partial charge < -0.3 is 9.47 Å². The fourth-order valence-corrected chi connectivity index (χ4v) is 6.27. The predicted molar refractivity (Wildman–Crippen MR) is 186 cm³/mol. The Morgan fingerprint density at radius 2 is 0.455 bits per heavy atom. The van der Waals surface area contributed by atoms with Gasteiger partial charge in [0.15, 0.2) is 0 Å². The lowest BCUT2D eigenvalue weighted by Gasteiger charge is -2.10. The standard InChI is InChI=1S/C42H30O2/c1-43-41-17-15-37-23-35(11-13-39(37)25-41)33-9-7-29-19-27(3-5-31(29)21-33)28-4-6-32-22-34(10-8-30(32)20-28)36-12-14-40-26-42(44-2)18-16-38(40)24-36/h3-26H,1-2H3. The Labute approximate surface area is 256 Å². The molecule has 2 nitrogen and oxygen atoms in total. The molecule has 44 heavy (non-hydrogen) atoms. The minimum absolute atomic E-state index is 0.880. The normalized spacial score (nSPS) is 11.4. The average molecular weight is 567 g/mol. The Hall–Kier alpha value is -5.60. The van der Waals surface area contributed by atoms with Crippen LogP contribution >= 0.6 is 0 Å². The molecule has 8 rings (SSSR count). The molecule has 0 spiro atoms. The molecule has 0 atom stereocenters. The van der Waals surface area contributed by atoms with Gasteiger partial charge in [-0.25, -0.2) is 0 Å². The molecule has 8 aromatic carbocycles. The Kier molecular flexibility index (Phi) is 6.27. The van der Waals surface area contributed by atoms with Crippen LogP contribution in [-0.4, -0.2) is 14.2 Å². The molecule has 0 aromatic heterocycles. The lowest BCUT2D eigenvalue weighted by Crippen LogP contribution is -1.85. The third kappa shape index (κ3) is 4.71. The topological polar surface area (TPSA) is 18.5 Å². The molecule has 0 aliphatic carbocycles. The number of hydrogen-bond donors (Lipinski definition) is 0. The van der Waals surface area contributed by atoms with E-state index in [4.69, 9.17) is 9.47 Å². The van der Waals surface area contributed by atoms with Crippen LogP contribution in [0.15, 0.2) is 146 Å². The van der Waals surface area contributed by atoms with Gasteiger partial charge in [-0.1, -0.05) is 84.9 Å². The van der Waals surface area contributed by atoms with E-state index in [0.29, 0.717) is 0 Å². The summed E-state index contributed by atoms with van der Waals surface area (Å²) in [6.07, 6.45) is 0. The van der Waals surface area contributed by atoms with Crippen molar-refractivity contribution in [2.45, 2.75) is 0 Å². The molecule has 2 heteroatoms. The second-order valence-corrected chi connectivity index (χ2v) is 11.4. The smallest absolute Gasteiger partial charge is 0.119 e. The van der Waals surface area contributed by atoms with Crippen molar-refractivity contribution in [2.75, 3.05) is 14.2 Å². The Morgan fingerprint density at radius 3 is 0.682 bits per heavy atom. The van der Waals surface area contributed by atoms with Gasteiger partial charge in [-0.15, -0.1) is 0 Å². The van der Waals surface area contributed by atoms with Gasteiger partial charge in [0.2, 0.25) is 0 Å². The second-order valence-electron chi connectivity index (χ2n) is 11.4. The summed E-state index contributed by atoms with van der Waals surface area (Å²) in [5.74, 6) is 1.76. The van der Waals surface area contributed by atoms with Gasteiger partial charge in [-0.05, 0) is 137 Å². The van der Waals surface area contributed by atoms with Crippen LogP contribution in [0.25, 0.3) is 76.5 Å². The molecule has 0 heterocycles. The summed E-state index contributed by atoms with van der Waals surface area (Å²) in [6, 6.07) is 52.7. The van der Waals surface area contributed by atoms with Crippen molar-refractivity contribution in [3.63, 3.8) is 0 Å². The van der Waals surface area contributed by atoms with Crippen molar-refractivity contribution < 1.29 is 9.47 Å². The van der Waals surface area contributed by atoms with E-state index in [-0.39, 0.29) is 0 Å². The van der Waals surface area contributed by atoms with Gasteiger partial charge in [-0.3, -0.25) is 0 Å². The highest BCUT2D eigenvalue weighted by atomic mass is 16.5. The summed E-state index contributed by atoms with van der Waals surface area (Å²) in [7, 11) is 3.41. The maximum Gasteiger partial charge on any atom is 0.119 e. The van der Waals surface area contributed by atoms with Crippen molar-refractivity contribution in [1.82, 2.24) is 0 Å². The number of ether oxygens (including phenoxy) is 2. The molecule has 0 N–H and O–H groups in total. The Bertz CT molecular complexity index is 2200. The first-order valence-corrected chi connectivity index (χ1v) is 14.9. The van der Waals surface area contributed by atoms with Crippen molar-refractivity contribution in [2.24, 2.45) is 0 Å². The van der Waals surface area contributed by atoms with Crippen LogP contribution in [0.5, 0.6) is 11.5 Å². The van der Waals surface area contributed by atoms with Crippen molar-refractivity contribution in [3.8, 4) is 44.9 Å². The highest BCUT2D eigenvalue weighted by Gasteiger charge is 2.07. The molecular formula is C42H30O2. The number of hydrogen-bond acceptors (Lipinski definition) is 2. The highest BCUT2D eigenvalue weighted by molar-refractivity contribution is 5.96. The van der Waals surface area contributed by atoms with E-state index in [9.17, 15) is 0 Å². The van der Waals surface area contributed by atoms with Gasteiger partial charge >= 0.3 is 0 Å². The minimum Gasteiger partial charge on any atom is -0.497 e. The van der Waals surface area contributed by atoms with E-state index in [1.807, 2.05) is 12.1 Å². The molecule has 0 unspecified atom stereocenters. The molecule has 0 amide bonds. The molecule has 0 saturated carbocycles. The summed E-state index contributed by atoms with van der Waals surface area (Å²) < 4.78 is 10.8. The van der Waals surface area contributed by atoms with Crippen molar-refractivity contribution in [1.29, 1.82) is 0 Å². The summed E-state index contributed by atoms with van der Waals surface area (Å²) in [5.41, 5.74) is 7.31. The third-order valence-corrected chi connectivity index (χ3v) is 8.78. The molecule has 210 valence electrons. The molecule has 8 aromatic rings. The van der Waals surface area contributed by atoms with Crippen molar-refractivity contribution >= 4 is 43.1 Å². The molecule has 0 saturated heterocycles. The lowest BCUT2D eigenvalue weighted by molar-refractivity contribution is 0.415. The van der Waals surface area contributed by atoms with Gasteiger partial charge in [0.25, 0.3) is 0 Å². The van der Waals surface area contributed by atoms with E-state index < -0.39 is 0 Å². The number of benzene rings is 8. The molecular weight excluding hydrogens is 536 g/mol. The number of fused-ring (bicyclic) bond motifs is 4. The van der Waals surface area contributed by atoms with Crippen LogP contribution in [0.3, 0.4) is 0 Å². The quantitative estimate of drug-likeness (QED) is 0.206. The fourth-order valence-electron chi connectivity index (χ4n) is 6.27. The Morgan fingerprint density at radius 1 is 0.250 bits per heavy atom. The van der Waals surface area contributed by atoms with E-state index in [0.717, 1.165) is 11.5 Å². The average Bonchev–Trinajstić information content (AvgIpc) is 3.09. The first kappa shape index (κ1) is 26.1. The van der Waals surface area contributed by atoms with E-state index in [1.165, 1.54) is 76.5 Å². The molecule has 0 bridgehead atoms. The zero-order chi connectivity index (χ0) is 29.6. The molecule has 0 aliphatic heterocycles. The molecule has 0 fully saturated rings. The summed E-state index contributed by atoms with van der Waals surface area (Å²) >= 11 is 0. The predicted octanol–water partition coefficient (Wildman–Crippen LogP) is 11.3. The maximum absolute atomic E-state index is 5.38. The fraction of sp³-hybridized carbons (Fsp3) is 0.0476. The van der Waals surface area contributed by atoms with Gasteiger partial charge in [0, 0.05) is 0 Å². The minimum atomic E-state index is 0.880. The van der Waals surface area contributed by atoms with E-state index in [1.54, 1.807) is 14.2 Å². The van der Waals surface area contributed by atoms with Gasteiger partial charge in [0.05, 0.1) is 14.2 Å². The van der Waals surface area contributed by atoms with Crippen LogP contribution in [0.2, 0.25) is 0 Å². The van der Waals surface area contributed by atoms with Crippen LogP contribution < -0.4 is 9.47 Å². The van der Waals surface area contributed by atoms with Crippen LogP contribution in [-0.2, 0) is 0 Å². The first-order valence-electron chi connectivity index (χ1n) is 14.9. The zero-order valence-corrected chi connectivity index (χ0v) is 24.7. The van der Waals surface area contributed by atoms with Crippen LogP contribution in [0, 0.1) is 0 Å². The SMILES string of the molecule is COc1ccc2cc(-c3ccc4cc(-c5ccc6cc(-c7ccc8cc(OC)ccc8c7)ccc6c5)ccc4c3)ccc2c1. The van der Waals surface area contributed by atoms with Crippen LogP contribution in [0.4, 0.5) is 0 Å². The number of rotatable bonds is 5. The third-order valence-electron chi connectivity index (χ3n) is 8.78. The van der Waals surface area contributed by atoms with Crippen LogP contribution in [0.1, 0.15) is 0 Å². The molecule has 0 radical (unpaired) electrons. The molecule has 0 aliphatic rings. The van der Waals surface area contributed by atoms with Gasteiger partial charge in [-0.2, -0.15) is 0 Å². The maximum atomic E-state index is 5.38. The second kappa shape index (κ2) is 10.6. The summed E-state index contributed by atoms with van der Waals surface area (Å²) in [6.45, 7) is 0. The lowest BCUT2D eigenvalue weighted by atomic mass is 9.94. The summed E-state index contributed by atoms with van der Waals surface area (Å²) in [4.78, 5) is 0. The Balaban J connectivity index is 1.08. The monoisotopic (exact) mass is 566 g/mol. The van der Waals surface area contributed by atoms with Gasteiger partial charge in [0.1, 0.15) is 11.5 Å².